The van der Waals surface area contributed by atoms with Crippen LogP contribution in [0.25, 0.3) is 21.9 Å². The Morgan fingerprint density at radius 3 is 2.35 bits per heavy atom. The van der Waals surface area contributed by atoms with Crippen LogP contribution in [0.1, 0.15) is 26.5 Å². The van der Waals surface area contributed by atoms with E-state index in [0.717, 1.165) is 16.9 Å². The second kappa shape index (κ2) is 5.24. The molecule has 0 aliphatic heterocycles. The molecular weight excluding hydrogens is 310 g/mol. The van der Waals surface area contributed by atoms with Gasteiger partial charge in [0.15, 0.2) is 5.43 Å². The molecule has 0 aliphatic carbocycles. The number of nitrogens with one attached hydrogen (secondary N) is 1. The summed E-state index contributed by atoms with van der Waals surface area (Å²) in [5, 5.41) is 1.82. The van der Waals surface area contributed by atoms with E-state index in [1.807, 2.05) is 31.1 Å². The molecule has 5 heteroatoms. The SMILES string of the molecule is CN(C)c1c(Cl)ccc2c(=O)c3ccc(C(C)(C)C)nc3[nH]c12. The first-order chi connectivity index (χ1) is 10.7. The number of aromatic nitrogens is 2. The van der Waals surface area contributed by atoms with Crippen molar-refractivity contribution < 1.29 is 0 Å². The highest BCUT2D eigenvalue weighted by atomic mass is 35.5. The molecule has 23 heavy (non-hydrogen) atoms. The summed E-state index contributed by atoms with van der Waals surface area (Å²) in [6, 6.07) is 7.30. The molecule has 0 amide bonds. The number of rotatable bonds is 1. The number of hydrogen-bond donors (Lipinski definition) is 1. The monoisotopic (exact) mass is 329 g/mol. The van der Waals surface area contributed by atoms with E-state index >= 15 is 0 Å². The maximum Gasteiger partial charge on any atom is 0.198 e. The quantitative estimate of drug-likeness (QED) is 0.684. The number of hydrogen-bond acceptors (Lipinski definition) is 3. The second-order valence-corrected chi connectivity index (χ2v) is 7.42. The van der Waals surface area contributed by atoms with Crippen LogP contribution >= 0.6 is 11.6 Å². The van der Waals surface area contributed by atoms with Crippen LogP contribution in [0.4, 0.5) is 5.69 Å². The molecule has 0 saturated carbocycles. The molecular formula is C18H20ClN3O. The van der Waals surface area contributed by atoms with Gasteiger partial charge in [-0.05, 0) is 24.3 Å². The van der Waals surface area contributed by atoms with E-state index in [4.69, 9.17) is 11.6 Å². The van der Waals surface area contributed by atoms with E-state index in [-0.39, 0.29) is 10.8 Å². The third kappa shape index (κ3) is 2.57. The highest BCUT2D eigenvalue weighted by Crippen LogP contribution is 2.32. The maximum atomic E-state index is 12.8. The fourth-order valence-corrected chi connectivity index (χ4v) is 3.06. The Labute approximate surface area is 140 Å². The molecule has 0 atom stereocenters. The van der Waals surface area contributed by atoms with E-state index in [9.17, 15) is 4.79 Å². The minimum atomic E-state index is -0.0846. The fourth-order valence-electron chi connectivity index (χ4n) is 2.74. The summed E-state index contributed by atoms with van der Waals surface area (Å²) in [4.78, 5) is 22.7. The predicted molar refractivity (Wildman–Crippen MR) is 97.9 cm³/mol. The van der Waals surface area contributed by atoms with Gasteiger partial charge in [-0.1, -0.05) is 32.4 Å². The van der Waals surface area contributed by atoms with Crippen molar-refractivity contribution in [1.82, 2.24) is 9.97 Å². The molecule has 3 aromatic rings. The van der Waals surface area contributed by atoms with E-state index in [2.05, 4.69) is 30.7 Å². The summed E-state index contributed by atoms with van der Waals surface area (Å²) in [5.41, 5.74) is 2.94. The average molecular weight is 330 g/mol. The van der Waals surface area contributed by atoms with E-state index in [1.165, 1.54) is 0 Å². The van der Waals surface area contributed by atoms with Gasteiger partial charge in [-0.3, -0.25) is 4.79 Å². The molecule has 0 fully saturated rings. The molecule has 2 aromatic heterocycles. The van der Waals surface area contributed by atoms with Crippen LogP contribution in [0.15, 0.2) is 29.1 Å². The Bertz CT molecular complexity index is 968. The average Bonchev–Trinajstić information content (AvgIpc) is 2.45. The van der Waals surface area contributed by atoms with Crippen LogP contribution in [0.3, 0.4) is 0 Å². The molecule has 0 radical (unpaired) electrons. The smallest absolute Gasteiger partial charge is 0.198 e. The topological polar surface area (TPSA) is 49.0 Å². The molecule has 4 nitrogen and oxygen atoms in total. The van der Waals surface area contributed by atoms with Crippen LogP contribution in [0.5, 0.6) is 0 Å². The third-order valence-corrected chi connectivity index (χ3v) is 4.28. The molecule has 3 rings (SSSR count). The number of H-pyrrole nitrogens is 1. The number of halogens is 1. The van der Waals surface area contributed by atoms with Gasteiger partial charge in [-0.2, -0.15) is 0 Å². The number of fused-ring (bicyclic) bond motifs is 2. The molecule has 0 spiro atoms. The van der Waals surface area contributed by atoms with Crippen LogP contribution in [-0.2, 0) is 5.41 Å². The lowest BCUT2D eigenvalue weighted by Gasteiger charge is -2.19. The van der Waals surface area contributed by atoms with Gasteiger partial charge in [-0.15, -0.1) is 0 Å². The fraction of sp³-hybridized carbons (Fsp3) is 0.333. The number of pyridine rings is 2. The lowest BCUT2D eigenvalue weighted by atomic mass is 9.91. The Balaban J connectivity index is 2.47. The van der Waals surface area contributed by atoms with Gasteiger partial charge in [0.05, 0.1) is 21.6 Å². The van der Waals surface area contributed by atoms with Gasteiger partial charge < -0.3 is 9.88 Å². The Kier molecular flexibility index (Phi) is 3.60. The summed E-state index contributed by atoms with van der Waals surface area (Å²) in [6.07, 6.45) is 0. The molecule has 1 N–H and O–H groups in total. The highest BCUT2D eigenvalue weighted by molar-refractivity contribution is 6.34. The van der Waals surface area contributed by atoms with Crippen molar-refractivity contribution in [1.29, 1.82) is 0 Å². The van der Waals surface area contributed by atoms with Crippen LogP contribution in [0.2, 0.25) is 5.02 Å². The lowest BCUT2D eigenvalue weighted by Crippen LogP contribution is -2.16. The maximum absolute atomic E-state index is 12.8. The number of aromatic amines is 1. The molecule has 1 aromatic carbocycles. The zero-order chi connectivity index (χ0) is 16.9. The largest absolute Gasteiger partial charge is 0.375 e. The Morgan fingerprint density at radius 2 is 1.74 bits per heavy atom. The Hall–Kier alpha value is -2.07. The van der Waals surface area contributed by atoms with Gasteiger partial charge in [0.1, 0.15) is 5.65 Å². The zero-order valence-corrected chi connectivity index (χ0v) is 14.7. The standard InChI is InChI=1S/C18H20ClN3O/c1-18(2,3)13-9-7-11-16(23)10-6-8-12(19)15(22(4)5)14(10)21-17(11)20-13/h6-9H,1-5H3,(H,20,21,23). The first-order valence-corrected chi connectivity index (χ1v) is 7.91. The van der Waals surface area contributed by atoms with Gasteiger partial charge in [0.2, 0.25) is 0 Å². The molecule has 0 bridgehead atoms. The Morgan fingerprint density at radius 1 is 1.09 bits per heavy atom. The van der Waals surface area contributed by atoms with E-state index in [0.29, 0.717) is 21.4 Å². The summed E-state index contributed by atoms with van der Waals surface area (Å²) < 4.78 is 0. The van der Waals surface area contributed by atoms with Crippen molar-refractivity contribution in [3.05, 3.63) is 45.2 Å². The van der Waals surface area contributed by atoms with Crippen LogP contribution in [-0.4, -0.2) is 24.1 Å². The van der Waals surface area contributed by atoms with Crippen molar-refractivity contribution in [3.63, 3.8) is 0 Å². The van der Waals surface area contributed by atoms with Gasteiger partial charge in [0, 0.05) is 30.6 Å². The van der Waals surface area contributed by atoms with Crippen molar-refractivity contribution in [2.45, 2.75) is 26.2 Å². The minimum Gasteiger partial charge on any atom is -0.375 e. The summed E-state index contributed by atoms with van der Waals surface area (Å²) in [7, 11) is 3.81. The molecule has 0 unspecified atom stereocenters. The van der Waals surface area contributed by atoms with Crippen LogP contribution in [0, 0.1) is 0 Å². The van der Waals surface area contributed by atoms with Crippen molar-refractivity contribution >= 4 is 39.2 Å². The first kappa shape index (κ1) is 15.8. The molecule has 2 heterocycles. The van der Waals surface area contributed by atoms with Crippen molar-refractivity contribution in [2.24, 2.45) is 0 Å². The van der Waals surface area contributed by atoms with E-state index < -0.39 is 0 Å². The normalized spacial score (nSPS) is 12.1. The molecule has 120 valence electrons. The first-order valence-electron chi connectivity index (χ1n) is 7.53. The van der Waals surface area contributed by atoms with Gasteiger partial charge in [0.25, 0.3) is 0 Å². The summed E-state index contributed by atoms with van der Waals surface area (Å²) >= 11 is 6.32. The minimum absolute atomic E-state index is 0.0264. The lowest BCUT2D eigenvalue weighted by molar-refractivity contribution is 0.571. The third-order valence-electron chi connectivity index (χ3n) is 3.97. The van der Waals surface area contributed by atoms with E-state index in [1.54, 1.807) is 12.1 Å². The zero-order valence-electron chi connectivity index (χ0n) is 14.0. The van der Waals surface area contributed by atoms with Crippen molar-refractivity contribution in [2.75, 3.05) is 19.0 Å². The van der Waals surface area contributed by atoms with Crippen molar-refractivity contribution in [3.8, 4) is 0 Å². The van der Waals surface area contributed by atoms with Gasteiger partial charge >= 0.3 is 0 Å². The van der Waals surface area contributed by atoms with Gasteiger partial charge in [-0.25, -0.2) is 4.98 Å². The predicted octanol–water partition coefficient (Wildman–Crippen LogP) is 4.09. The number of anilines is 1. The number of nitrogens with zero attached hydrogens (tertiary/aromatic N) is 2. The van der Waals surface area contributed by atoms with Crippen LogP contribution < -0.4 is 10.3 Å². The highest BCUT2D eigenvalue weighted by Gasteiger charge is 2.18. The molecule has 0 aliphatic rings. The molecule has 0 saturated heterocycles. The summed E-state index contributed by atoms with van der Waals surface area (Å²) in [6.45, 7) is 6.30. The number of benzene rings is 1. The second-order valence-electron chi connectivity index (χ2n) is 7.01. The summed E-state index contributed by atoms with van der Waals surface area (Å²) in [5.74, 6) is 0.